The molecule has 0 aliphatic heterocycles. The smallest absolute Gasteiger partial charge is 0.293 e. The molecule has 0 saturated heterocycles. The zero-order valence-electron chi connectivity index (χ0n) is 11.5. The molecule has 0 aromatic carbocycles. The Morgan fingerprint density at radius 2 is 2.00 bits per heavy atom. The van der Waals surface area contributed by atoms with Gasteiger partial charge in [0, 0.05) is 19.5 Å². The van der Waals surface area contributed by atoms with Crippen LogP contribution in [0.1, 0.15) is 57.0 Å². The molecular formula is C12H22N4O. The van der Waals surface area contributed by atoms with Crippen molar-refractivity contribution in [3.8, 4) is 0 Å². The van der Waals surface area contributed by atoms with Crippen molar-refractivity contribution in [1.29, 1.82) is 0 Å². The lowest BCUT2D eigenvalue weighted by molar-refractivity contribution is 0.0734. The number of aromatic nitrogens is 3. The lowest BCUT2D eigenvalue weighted by Crippen LogP contribution is -2.35. The van der Waals surface area contributed by atoms with Crippen molar-refractivity contribution in [2.75, 3.05) is 13.6 Å². The van der Waals surface area contributed by atoms with Gasteiger partial charge in [0.25, 0.3) is 5.91 Å². The van der Waals surface area contributed by atoms with Crippen molar-refractivity contribution in [1.82, 2.24) is 20.1 Å². The standard InChI is InChI=1S/C12H22N4O/c1-8(2)9-13-10(15-14-9)11(17)16(6)7-12(3,4)5/h8H,7H2,1-6H3,(H,13,14,15). The fourth-order valence-corrected chi connectivity index (χ4v) is 1.58. The number of H-pyrrole nitrogens is 1. The number of nitrogens with zero attached hydrogens (tertiary/aromatic N) is 3. The van der Waals surface area contributed by atoms with Crippen LogP contribution in [0, 0.1) is 5.41 Å². The molecule has 96 valence electrons. The summed E-state index contributed by atoms with van der Waals surface area (Å²) >= 11 is 0. The van der Waals surface area contributed by atoms with Crippen LogP contribution in [0.15, 0.2) is 0 Å². The highest BCUT2D eigenvalue weighted by Crippen LogP contribution is 2.15. The number of carbonyl (C=O) groups is 1. The number of hydrogen-bond acceptors (Lipinski definition) is 3. The maximum atomic E-state index is 12.0. The van der Waals surface area contributed by atoms with Crippen molar-refractivity contribution in [2.45, 2.75) is 40.5 Å². The van der Waals surface area contributed by atoms with Crippen LogP contribution in [0.3, 0.4) is 0 Å². The highest BCUT2D eigenvalue weighted by atomic mass is 16.2. The quantitative estimate of drug-likeness (QED) is 0.876. The number of amides is 1. The van der Waals surface area contributed by atoms with Crippen molar-refractivity contribution in [3.63, 3.8) is 0 Å². The van der Waals surface area contributed by atoms with Crippen LogP contribution in [0.5, 0.6) is 0 Å². The zero-order chi connectivity index (χ0) is 13.2. The highest BCUT2D eigenvalue weighted by Gasteiger charge is 2.22. The molecule has 0 atom stereocenters. The first-order valence-electron chi connectivity index (χ1n) is 5.88. The molecule has 5 heteroatoms. The van der Waals surface area contributed by atoms with Gasteiger partial charge in [-0.25, -0.2) is 4.98 Å². The molecule has 1 heterocycles. The Morgan fingerprint density at radius 1 is 1.41 bits per heavy atom. The van der Waals surface area contributed by atoms with Gasteiger partial charge in [0.05, 0.1) is 0 Å². The van der Waals surface area contributed by atoms with E-state index < -0.39 is 0 Å². The fraction of sp³-hybridized carbons (Fsp3) is 0.750. The number of aromatic amines is 1. The third-order valence-electron chi connectivity index (χ3n) is 2.30. The Bertz CT molecular complexity index is 389. The maximum Gasteiger partial charge on any atom is 0.293 e. The molecule has 1 aromatic heterocycles. The Hall–Kier alpha value is -1.39. The third-order valence-corrected chi connectivity index (χ3v) is 2.30. The molecule has 0 bridgehead atoms. The van der Waals surface area contributed by atoms with Crippen molar-refractivity contribution >= 4 is 5.91 Å². The minimum Gasteiger partial charge on any atom is -0.338 e. The molecule has 1 rings (SSSR count). The van der Waals surface area contributed by atoms with Crippen LogP contribution < -0.4 is 0 Å². The predicted octanol–water partition coefficient (Wildman–Crippen LogP) is 2.05. The SMILES string of the molecule is CC(C)c1nc(C(=O)N(C)CC(C)(C)C)n[nH]1. The summed E-state index contributed by atoms with van der Waals surface area (Å²) in [5, 5.41) is 6.76. The molecule has 0 unspecified atom stereocenters. The highest BCUT2D eigenvalue weighted by molar-refractivity contribution is 5.90. The number of carbonyl (C=O) groups excluding carboxylic acids is 1. The van der Waals surface area contributed by atoms with Crippen LogP contribution >= 0.6 is 0 Å². The van der Waals surface area contributed by atoms with Gasteiger partial charge in [0.15, 0.2) is 0 Å². The van der Waals surface area contributed by atoms with Crippen LogP contribution in [0.4, 0.5) is 0 Å². The summed E-state index contributed by atoms with van der Waals surface area (Å²) in [4.78, 5) is 17.9. The van der Waals surface area contributed by atoms with Crippen LogP contribution in [-0.2, 0) is 0 Å². The Morgan fingerprint density at radius 3 is 2.41 bits per heavy atom. The van der Waals surface area contributed by atoms with E-state index in [1.54, 1.807) is 11.9 Å². The lowest BCUT2D eigenvalue weighted by atomic mass is 9.96. The second kappa shape index (κ2) is 4.85. The van der Waals surface area contributed by atoms with E-state index in [1.165, 1.54) is 0 Å². The minimum atomic E-state index is -0.136. The summed E-state index contributed by atoms with van der Waals surface area (Å²) in [6.07, 6.45) is 0. The molecule has 5 nitrogen and oxygen atoms in total. The molecule has 0 radical (unpaired) electrons. The Kier molecular flexibility index (Phi) is 3.91. The van der Waals surface area contributed by atoms with Gasteiger partial charge < -0.3 is 4.90 Å². The second-order valence-electron chi connectivity index (χ2n) is 5.92. The monoisotopic (exact) mass is 238 g/mol. The topological polar surface area (TPSA) is 61.9 Å². The summed E-state index contributed by atoms with van der Waals surface area (Å²) in [5.74, 6) is 1.11. The average molecular weight is 238 g/mol. The van der Waals surface area contributed by atoms with Gasteiger partial charge in [-0.3, -0.25) is 9.89 Å². The van der Waals surface area contributed by atoms with E-state index in [4.69, 9.17) is 0 Å². The normalized spacial score (nSPS) is 11.9. The van der Waals surface area contributed by atoms with Crippen LogP contribution in [-0.4, -0.2) is 39.6 Å². The van der Waals surface area contributed by atoms with Gasteiger partial charge >= 0.3 is 0 Å². The Balaban J connectivity index is 2.75. The first kappa shape index (κ1) is 13.7. The average Bonchev–Trinajstić information content (AvgIpc) is 2.62. The van der Waals surface area contributed by atoms with E-state index in [1.807, 2.05) is 13.8 Å². The number of rotatable bonds is 3. The van der Waals surface area contributed by atoms with E-state index >= 15 is 0 Å². The summed E-state index contributed by atoms with van der Waals surface area (Å²) < 4.78 is 0. The molecule has 0 fully saturated rings. The number of nitrogens with one attached hydrogen (secondary N) is 1. The van der Waals surface area contributed by atoms with E-state index in [9.17, 15) is 4.79 Å². The van der Waals surface area contributed by atoms with Crippen molar-refractivity contribution < 1.29 is 4.79 Å². The van der Waals surface area contributed by atoms with Gasteiger partial charge in [0.2, 0.25) is 5.82 Å². The van der Waals surface area contributed by atoms with Gasteiger partial charge in [-0.15, -0.1) is 5.10 Å². The van der Waals surface area contributed by atoms with Crippen molar-refractivity contribution in [2.24, 2.45) is 5.41 Å². The maximum absolute atomic E-state index is 12.0. The molecule has 0 saturated carbocycles. The first-order valence-corrected chi connectivity index (χ1v) is 5.88. The van der Waals surface area contributed by atoms with Crippen LogP contribution in [0.2, 0.25) is 0 Å². The second-order valence-corrected chi connectivity index (χ2v) is 5.92. The molecule has 1 aromatic rings. The van der Waals surface area contributed by atoms with E-state index in [2.05, 4.69) is 36.0 Å². The zero-order valence-corrected chi connectivity index (χ0v) is 11.5. The Labute approximate surface area is 103 Å². The molecule has 0 aliphatic carbocycles. The first-order chi connectivity index (χ1) is 7.70. The van der Waals surface area contributed by atoms with Gasteiger partial charge in [-0.2, -0.15) is 0 Å². The fourth-order valence-electron chi connectivity index (χ4n) is 1.58. The molecule has 0 spiro atoms. The predicted molar refractivity (Wildman–Crippen MR) is 66.9 cm³/mol. The summed E-state index contributed by atoms with van der Waals surface area (Å²) in [6.45, 7) is 11.0. The van der Waals surface area contributed by atoms with E-state index in [0.29, 0.717) is 6.54 Å². The van der Waals surface area contributed by atoms with Gasteiger partial charge in [-0.05, 0) is 5.41 Å². The van der Waals surface area contributed by atoms with E-state index in [-0.39, 0.29) is 23.1 Å². The molecule has 0 aliphatic rings. The molecular weight excluding hydrogens is 216 g/mol. The summed E-state index contributed by atoms with van der Waals surface area (Å²) in [5.41, 5.74) is 0.0710. The minimum absolute atomic E-state index is 0.0710. The molecule has 1 amide bonds. The third kappa shape index (κ3) is 3.84. The molecule has 17 heavy (non-hydrogen) atoms. The summed E-state index contributed by atoms with van der Waals surface area (Å²) in [6, 6.07) is 0. The van der Waals surface area contributed by atoms with Crippen molar-refractivity contribution in [3.05, 3.63) is 11.6 Å². The number of hydrogen-bond donors (Lipinski definition) is 1. The van der Waals surface area contributed by atoms with Crippen LogP contribution in [0.25, 0.3) is 0 Å². The van der Waals surface area contributed by atoms with Gasteiger partial charge in [-0.1, -0.05) is 34.6 Å². The summed E-state index contributed by atoms with van der Waals surface area (Å²) in [7, 11) is 1.78. The van der Waals surface area contributed by atoms with E-state index in [0.717, 1.165) is 5.82 Å². The largest absolute Gasteiger partial charge is 0.338 e. The molecule has 1 N–H and O–H groups in total. The van der Waals surface area contributed by atoms with Gasteiger partial charge in [0.1, 0.15) is 5.82 Å². The lowest BCUT2D eigenvalue weighted by Gasteiger charge is -2.25.